The summed E-state index contributed by atoms with van der Waals surface area (Å²) in [6, 6.07) is 31.7. The van der Waals surface area contributed by atoms with Crippen molar-refractivity contribution in [3.05, 3.63) is 121 Å². The van der Waals surface area contributed by atoms with Gasteiger partial charge in [0.2, 0.25) is 5.91 Å². The fourth-order valence-corrected chi connectivity index (χ4v) is 4.95. The summed E-state index contributed by atoms with van der Waals surface area (Å²) in [7, 11) is 0. The molecule has 0 aromatic heterocycles. The number of imide groups is 1. The fraction of sp³-hybridized carbons (Fsp3) is 0.103. The van der Waals surface area contributed by atoms with Crippen LogP contribution in [0.5, 0.6) is 0 Å². The number of para-hydroxylation sites is 1. The van der Waals surface area contributed by atoms with E-state index < -0.39 is 35.7 Å². The highest BCUT2D eigenvalue weighted by Crippen LogP contribution is 2.48. The number of fused-ring (bicyclic) bond motifs is 1. The van der Waals surface area contributed by atoms with Gasteiger partial charge in [0.05, 0.1) is 17.4 Å². The molecule has 5 nitrogen and oxygen atoms in total. The van der Waals surface area contributed by atoms with E-state index in [-0.39, 0.29) is 0 Å². The van der Waals surface area contributed by atoms with Crippen LogP contribution < -0.4 is 9.96 Å². The van der Waals surface area contributed by atoms with Crippen molar-refractivity contribution in [2.24, 2.45) is 5.92 Å². The minimum atomic E-state index is -1.05. The first-order valence-electron chi connectivity index (χ1n) is 11.4. The number of rotatable bonds is 4. The number of amides is 2. The monoisotopic (exact) mass is 464 g/mol. The van der Waals surface area contributed by atoms with Gasteiger partial charge in [-0.05, 0) is 41.5 Å². The van der Waals surface area contributed by atoms with Crippen molar-refractivity contribution in [3.8, 4) is 11.1 Å². The standard InChI is InChI=1S/C29H21FN2O3/c30-24-17-8-7-16-23(24)26-25-27(35-32(26)21-13-5-2-6-14-21)29(34)31(28(25)33)22-15-9-12-20(18-22)19-10-3-1-4-11-19/h1-18,25-27H/t25-,26-,27-/m0/s1. The smallest absolute Gasteiger partial charge is 0.266 e. The van der Waals surface area contributed by atoms with Crippen LogP contribution in [0.25, 0.3) is 11.1 Å². The summed E-state index contributed by atoms with van der Waals surface area (Å²) < 4.78 is 15.0. The average molecular weight is 464 g/mol. The number of hydrogen-bond donors (Lipinski definition) is 0. The number of hydroxylamine groups is 1. The highest BCUT2D eigenvalue weighted by atomic mass is 19.1. The van der Waals surface area contributed by atoms with Crippen LogP contribution in [0.2, 0.25) is 0 Å². The maximum absolute atomic E-state index is 15.0. The van der Waals surface area contributed by atoms with Gasteiger partial charge in [0, 0.05) is 5.56 Å². The van der Waals surface area contributed by atoms with Crippen LogP contribution in [-0.4, -0.2) is 17.9 Å². The number of benzene rings is 4. The molecule has 2 aliphatic rings. The molecule has 35 heavy (non-hydrogen) atoms. The lowest BCUT2D eigenvalue weighted by molar-refractivity contribution is -0.126. The number of halogens is 1. The first-order valence-corrected chi connectivity index (χ1v) is 11.4. The van der Waals surface area contributed by atoms with E-state index in [9.17, 15) is 14.0 Å². The van der Waals surface area contributed by atoms with Crippen LogP contribution in [-0.2, 0) is 14.4 Å². The van der Waals surface area contributed by atoms with Gasteiger partial charge in [-0.25, -0.2) is 14.4 Å². The van der Waals surface area contributed by atoms with Gasteiger partial charge >= 0.3 is 0 Å². The molecule has 3 atom stereocenters. The Morgan fingerprint density at radius 1 is 0.657 bits per heavy atom. The van der Waals surface area contributed by atoms with E-state index in [4.69, 9.17) is 4.84 Å². The molecule has 6 heteroatoms. The second-order valence-corrected chi connectivity index (χ2v) is 8.61. The van der Waals surface area contributed by atoms with Gasteiger partial charge in [-0.1, -0.05) is 78.9 Å². The van der Waals surface area contributed by atoms with Crippen LogP contribution in [0.1, 0.15) is 11.6 Å². The lowest BCUT2D eigenvalue weighted by Gasteiger charge is -2.29. The summed E-state index contributed by atoms with van der Waals surface area (Å²) in [5.41, 5.74) is 3.29. The summed E-state index contributed by atoms with van der Waals surface area (Å²) in [4.78, 5) is 34.6. The Morgan fingerprint density at radius 3 is 2.03 bits per heavy atom. The zero-order valence-corrected chi connectivity index (χ0v) is 18.6. The largest absolute Gasteiger partial charge is 0.273 e. The lowest BCUT2D eigenvalue weighted by atomic mass is 9.90. The molecule has 2 heterocycles. The van der Waals surface area contributed by atoms with Gasteiger partial charge in [-0.2, -0.15) is 0 Å². The molecule has 2 fully saturated rings. The van der Waals surface area contributed by atoms with Gasteiger partial charge in [-0.15, -0.1) is 0 Å². The SMILES string of the molecule is O=C1[C@@H]2[C@H](ON(c3ccccc3)[C@H]2c2ccccc2F)C(=O)N1c1cccc(-c2ccccc2)c1. The van der Waals surface area contributed by atoms with Crippen LogP contribution in [0.4, 0.5) is 15.8 Å². The van der Waals surface area contributed by atoms with Crippen LogP contribution in [0.3, 0.4) is 0 Å². The number of anilines is 2. The van der Waals surface area contributed by atoms with E-state index >= 15 is 0 Å². The third kappa shape index (κ3) is 3.50. The highest BCUT2D eigenvalue weighted by molar-refractivity contribution is 6.24. The van der Waals surface area contributed by atoms with Crippen molar-refractivity contribution in [3.63, 3.8) is 0 Å². The minimum absolute atomic E-state index is 0.310. The van der Waals surface area contributed by atoms with Crippen molar-refractivity contribution < 1.29 is 18.8 Å². The van der Waals surface area contributed by atoms with Crippen LogP contribution in [0, 0.1) is 11.7 Å². The molecule has 0 spiro atoms. The summed E-state index contributed by atoms with van der Waals surface area (Å²) >= 11 is 0. The van der Waals surface area contributed by atoms with Crippen molar-refractivity contribution in [1.82, 2.24) is 0 Å². The number of hydrogen-bond acceptors (Lipinski definition) is 4. The van der Waals surface area contributed by atoms with E-state index in [0.29, 0.717) is 16.9 Å². The van der Waals surface area contributed by atoms with Gasteiger partial charge in [0.1, 0.15) is 11.7 Å². The zero-order valence-electron chi connectivity index (χ0n) is 18.6. The molecule has 4 aromatic rings. The minimum Gasteiger partial charge on any atom is -0.273 e. The predicted molar refractivity (Wildman–Crippen MR) is 131 cm³/mol. The molecule has 2 saturated heterocycles. The molecular weight excluding hydrogens is 443 g/mol. The van der Waals surface area contributed by atoms with Crippen molar-refractivity contribution in [1.29, 1.82) is 0 Å². The number of carbonyl (C=O) groups excluding carboxylic acids is 2. The number of nitrogens with zero attached hydrogens (tertiary/aromatic N) is 2. The molecular formula is C29H21FN2O3. The first-order chi connectivity index (χ1) is 17.1. The van der Waals surface area contributed by atoms with Gasteiger partial charge in [-0.3, -0.25) is 14.4 Å². The van der Waals surface area contributed by atoms with E-state index in [2.05, 4.69) is 0 Å². The maximum Gasteiger partial charge on any atom is 0.266 e. The summed E-state index contributed by atoms with van der Waals surface area (Å²) in [5, 5.41) is 1.50. The Balaban J connectivity index is 1.41. The molecule has 2 aliphatic heterocycles. The topological polar surface area (TPSA) is 49.9 Å². The van der Waals surface area contributed by atoms with Crippen LogP contribution in [0.15, 0.2) is 109 Å². The maximum atomic E-state index is 15.0. The van der Waals surface area contributed by atoms with Gasteiger partial charge < -0.3 is 0 Å². The summed E-state index contributed by atoms with van der Waals surface area (Å²) in [5.74, 6) is -2.20. The van der Waals surface area contributed by atoms with E-state index in [1.807, 2.05) is 78.9 Å². The Labute approximate surface area is 201 Å². The molecule has 0 bridgehead atoms. The Hall–Kier alpha value is -4.29. The Kier molecular flexibility index (Phi) is 5.16. The van der Waals surface area contributed by atoms with Gasteiger partial charge in [0.15, 0.2) is 6.10 Å². The molecule has 6 rings (SSSR count). The second kappa shape index (κ2) is 8.49. The molecule has 0 radical (unpaired) electrons. The first kappa shape index (κ1) is 21.3. The molecule has 0 saturated carbocycles. The summed E-state index contributed by atoms with van der Waals surface area (Å²) in [6.45, 7) is 0. The second-order valence-electron chi connectivity index (χ2n) is 8.61. The van der Waals surface area contributed by atoms with Crippen LogP contribution >= 0.6 is 0 Å². The third-order valence-electron chi connectivity index (χ3n) is 6.56. The van der Waals surface area contributed by atoms with E-state index in [1.165, 1.54) is 16.0 Å². The lowest BCUT2D eigenvalue weighted by Crippen LogP contribution is -2.37. The van der Waals surface area contributed by atoms with E-state index in [1.54, 1.807) is 24.3 Å². The number of carbonyl (C=O) groups is 2. The fourth-order valence-electron chi connectivity index (χ4n) is 4.95. The summed E-state index contributed by atoms with van der Waals surface area (Å²) in [6.07, 6.45) is -1.05. The van der Waals surface area contributed by atoms with E-state index in [0.717, 1.165) is 11.1 Å². The normalized spacial score (nSPS) is 21.5. The molecule has 172 valence electrons. The Morgan fingerprint density at radius 2 is 1.29 bits per heavy atom. The van der Waals surface area contributed by atoms with Crippen molar-refractivity contribution >= 4 is 23.2 Å². The molecule has 0 aliphatic carbocycles. The molecule has 2 amide bonds. The van der Waals surface area contributed by atoms with Gasteiger partial charge in [0.25, 0.3) is 5.91 Å². The quantitative estimate of drug-likeness (QED) is 0.372. The molecule has 4 aromatic carbocycles. The zero-order chi connectivity index (χ0) is 23.9. The molecule has 0 N–H and O–H groups in total. The van der Waals surface area contributed by atoms with Crippen molar-refractivity contribution in [2.45, 2.75) is 12.1 Å². The van der Waals surface area contributed by atoms with Crippen molar-refractivity contribution in [2.75, 3.05) is 9.96 Å². The third-order valence-corrected chi connectivity index (χ3v) is 6.56. The predicted octanol–water partition coefficient (Wildman–Crippen LogP) is 5.54. The molecule has 0 unspecified atom stereocenters. The highest BCUT2D eigenvalue weighted by Gasteiger charge is 2.60. The average Bonchev–Trinajstić information content (AvgIpc) is 3.41. The Bertz CT molecular complexity index is 1410.